The highest BCUT2D eigenvalue weighted by molar-refractivity contribution is 9.24. The summed E-state index contributed by atoms with van der Waals surface area (Å²) in [5, 5.41) is 0. The minimum absolute atomic E-state index is 0.0491. The van der Waals surface area contributed by atoms with Crippen LogP contribution >= 0.6 is 31.9 Å². The van der Waals surface area contributed by atoms with Gasteiger partial charge in [0.2, 0.25) is 0 Å². The Bertz CT molecular complexity index is 545. The molecule has 0 atom stereocenters. The molecular weight excluding hydrogens is 412 g/mol. The Morgan fingerprint density at radius 2 is 1.43 bits per heavy atom. The first-order valence-electron chi connectivity index (χ1n) is 5.67. The normalized spacial score (nSPS) is 10.2. The summed E-state index contributed by atoms with van der Waals surface area (Å²) in [5.41, 5.74) is 0.461. The van der Waals surface area contributed by atoms with Gasteiger partial charge in [-0.1, -0.05) is 31.9 Å². The Morgan fingerprint density at radius 3 is 1.71 bits per heavy atom. The predicted octanol–water partition coefficient (Wildman–Crippen LogP) is 3.11. The van der Waals surface area contributed by atoms with Crippen molar-refractivity contribution < 1.29 is 28.6 Å². The van der Waals surface area contributed by atoms with E-state index in [0.717, 1.165) is 0 Å². The molecule has 0 aliphatic rings. The fraction of sp³-hybridized carbons (Fsp3) is 0.308. The van der Waals surface area contributed by atoms with Crippen LogP contribution in [0.2, 0.25) is 0 Å². The van der Waals surface area contributed by atoms with Gasteiger partial charge in [-0.05, 0) is 17.7 Å². The molecule has 0 spiro atoms. The van der Waals surface area contributed by atoms with Crippen molar-refractivity contribution in [3.05, 3.63) is 23.3 Å². The maximum atomic E-state index is 11.9. The number of carbonyl (C=O) groups is 3. The zero-order valence-corrected chi connectivity index (χ0v) is 14.6. The predicted molar refractivity (Wildman–Crippen MR) is 81.0 cm³/mol. The molecular formula is C13H12Br2O6. The SMILES string of the molecule is COC(=O)c1c(OC(C)=O)cc(C(Br)Br)cc1OC(C)=O. The molecule has 1 aromatic carbocycles. The van der Waals surface area contributed by atoms with E-state index in [2.05, 4.69) is 36.6 Å². The number of hydrogen-bond donors (Lipinski definition) is 0. The highest BCUT2D eigenvalue weighted by atomic mass is 79.9. The van der Waals surface area contributed by atoms with Crippen molar-refractivity contribution in [2.75, 3.05) is 7.11 Å². The van der Waals surface area contributed by atoms with Gasteiger partial charge in [-0.3, -0.25) is 9.59 Å². The second kappa shape index (κ2) is 7.56. The molecule has 1 rings (SSSR count). The molecule has 6 nitrogen and oxygen atoms in total. The van der Waals surface area contributed by atoms with Crippen molar-refractivity contribution in [1.29, 1.82) is 0 Å². The van der Waals surface area contributed by atoms with Crippen LogP contribution in [0.15, 0.2) is 12.1 Å². The molecule has 21 heavy (non-hydrogen) atoms. The van der Waals surface area contributed by atoms with Crippen LogP contribution in [0.3, 0.4) is 0 Å². The lowest BCUT2D eigenvalue weighted by molar-refractivity contribution is -0.132. The number of ether oxygens (including phenoxy) is 3. The highest BCUT2D eigenvalue weighted by Gasteiger charge is 2.24. The largest absolute Gasteiger partial charge is 0.465 e. The Hall–Kier alpha value is -1.41. The smallest absolute Gasteiger partial charge is 0.345 e. The van der Waals surface area contributed by atoms with Crippen molar-refractivity contribution in [1.82, 2.24) is 0 Å². The summed E-state index contributed by atoms with van der Waals surface area (Å²) in [6.07, 6.45) is 0. The summed E-state index contributed by atoms with van der Waals surface area (Å²) < 4.78 is 14.4. The monoisotopic (exact) mass is 422 g/mol. The van der Waals surface area contributed by atoms with Crippen molar-refractivity contribution in [3.8, 4) is 11.5 Å². The van der Waals surface area contributed by atoms with E-state index in [4.69, 9.17) is 9.47 Å². The van der Waals surface area contributed by atoms with Crippen LogP contribution in [0.1, 0.15) is 33.5 Å². The fourth-order valence-corrected chi connectivity index (χ4v) is 2.04. The molecule has 0 aromatic heterocycles. The number of alkyl halides is 2. The number of benzene rings is 1. The van der Waals surface area contributed by atoms with Gasteiger partial charge in [-0.2, -0.15) is 0 Å². The molecule has 0 fully saturated rings. The molecule has 0 bridgehead atoms. The van der Waals surface area contributed by atoms with Crippen molar-refractivity contribution >= 4 is 49.8 Å². The molecule has 0 amide bonds. The van der Waals surface area contributed by atoms with Crippen molar-refractivity contribution in [3.63, 3.8) is 0 Å². The second-order valence-corrected chi connectivity index (χ2v) is 6.93. The second-order valence-electron chi connectivity index (χ2n) is 3.87. The third-order valence-electron chi connectivity index (χ3n) is 2.24. The summed E-state index contributed by atoms with van der Waals surface area (Å²) >= 11 is 6.56. The van der Waals surface area contributed by atoms with E-state index in [0.29, 0.717) is 5.56 Å². The highest BCUT2D eigenvalue weighted by Crippen LogP contribution is 2.38. The van der Waals surface area contributed by atoms with Gasteiger partial charge >= 0.3 is 17.9 Å². The van der Waals surface area contributed by atoms with E-state index in [1.54, 1.807) is 0 Å². The Kier molecular flexibility index (Phi) is 6.35. The van der Waals surface area contributed by atoms with E-state index >= 15 is 0 Å². The summed E-state index contributed by atoms with van der Waals surface area (Å²) in [5.74, 6) is -2.12. The molecule has 0 saturated carbocycles. The standard InChI is InChI=1S/C13H12Br2O6/c1-6(16)20-9-4-8(12(14)15)5-10(21-7(2)17)11(9)13(18)19-3/h4-5,12H,1-3H3. The van der Waals surface area contributed by atoms with Crippen molar-refractivity contribution in [2.24, 2.45) is 0 Å². The average Bonchev–Trinajstić information content (AvgIpc) is 2.36. The topological polar surface area (TPSA) is 78.9 Å². The molecule has 0 saturated heterocycles. The first-order chi connectivity index (χ1) is 9.76. The van der Waals surface area contributed by atoms with E-state index in [-0.39, 0.29) is 20.8 Å². The van der Waals surface area contributed by atoms with Gasteiger partial charge in [0.1, 0.15) is 17.1 Å². The first kappa shape index (κ1) is 17.6. The third-order valence-corrected chi connectivity index (χ3v) is 3.29. The maximum Gasteiger partial charge on any atom is 0.345 e. The van der Waals surface area contributed by atoms with Crippen LogP contribution in [0.4, 0.5) is 0 Å². The number of methoxy groups -OCH3 is 1. The number of hydrogen-bond acceptors (Lipinski definition) is 6. The lowest BCUT2D eigenvalue weighted by Gasteiger charge is -2.15. The molecule has 0 aliphatic heterocycles. The first-order valence-corrected chi connectivity index (χ1v) is 7.50. The lowest BCUT2D eigenvalue weighted by atomic mass is 10.1. The van der Waals surface area contributed by atoms with Crippen molar-refractivity contribution in [2.45, 2.75) is 17.6 Å². The molecule has 114 valence electrons. The Morgan fingerprint density at radius 1 is 1.00 bits per heavy atom. The van der Waals surface area contributed by atoms with E-state index in [9.17, 15) is 14.4 Å². The van der Waals surface area contributed by atoms with Gasteiger partial charge in [-0.25, -0.2) is 4.79 Å². The minimum atomic E-state index is -0.783. The van der Waals surface area contributed by atoms with E-state index < -0.39 is 17.9 Å². The summed E-state index contributed by atoms with van der Waals surface area (Å²) in [4.78, 5) is 34.2. The van der Waals surface area contributed by atoms with Gasteiger partial charge in [-0.15, -0.1) is 0 Å². The summed E-state index contributed by atoms with van der Waals surface area (Å²) in [6.45, 7) is 2.39. The zero-order valence-electron chi connectivity index (χ0n) is 11.4. The van der Waals surface area contributed by atoms with Crippen LogP contribution in [-0.2, 0) is 14.3 Å². The van der Waals surface area contributed by atoms with Crippen LogP contribution in [0, 0.1) is 0 Å². The molecule has 0 radical (unpaired) electrons. The van der Waals surface area contributed by atoms with Gasteiger partial charge in [0.25, 0.3) is 0 Å². The van der Waals surface area contributed by atoms with E-state index in [1.807, 2.05) is 0 Å². The molecule has 8 heteroatoms. The van der Waals surface area contributed by atoms with Crippen LogP contribution in [0.5, 0.6) is 11.5 Å². The average molecular weight is 424 g/mol. The maximum absolute atomic E-state index is 11.9. The van der Waals surface area contributed by atoms with E-state index in [1.165, 1.54) is 33.1 Å². The van der Waals surface area contributed by atoms with Gasteiger partial charge < -0.3 is 14.2 Å². The number of carbonyl (C=O) groups excluding carboxylic acids is 3. The minimum Gasteiger partial charge on any atom is -0.465 e. The Balaban J connectivity index is 3.54. The molecule has 1 aromatic rings. The van der Waals surface area contributed by atoms with Gasteiger partial charge in [0.05, 0.1) is 10.8 Å². The Labute approximate surface area is 138 Å². The quantitative estimate of drug-likeness (QED) is 0.420. The van der Waals surface area contributed by atoms with Crippen LogP contribution in [0.25, 0.3) is 0 Å². The lowest BCUT2D eigenvalue weighted by Crippen LogP contribution is -2.13. The van der Waals surface area contributed by atoms with Crippen LogP contribution in [-0.4, -0.2) is 25.0 Å². The third kappa shape index (κ3) is 4.82. The van der Waals surface area contributed by atoms with Gasteiger partial charge in [0.15, 0.2) is 0 Å². The molecule has 0 unspecified atom stereocenters. The summed E-state index contributed by atoms with van der Waals surface area (Å²) in [7, 11) is 1.17. The number of halogens is 2. The number of rotatable bonds is 4. The molecule has 0 heterocycles. The zero-order chi connectivity index (χ0) is 16.2. The molecule has 0 aliphatic carbocycles. The molecule has 0 N–H and O–H groups in total. The van der Waals surface area contributed by atoms with Crippen LogP contribution < -0.4 is 9.47 Å². The summed E-state index contributed by atoms with van der Waals surface area (Å²) in [6, 6.07) is 2.93. The fourth-order valence-electron chi connectivity index (χ4n) is 1.51. The van der Waals surface area contributed by atoms with Gasteiger partial charge in [0, 0.05) is 13.8 Å². The number of esters is 3.